The smallest absolute Gasteiger partial charge is 0.273 e. The van der Waals surface area contributed by atoms with Crippen LogP contribution in [0.15, 0.2) is 15.7 Å². The highest BCUT2D eigenvalue weighted by Gasteiger charge is 2.18. The van der Waals surface area contributed by atoms with Crippen LogP contribution in [-0.4, -0.2) is 13.4 Å². The molecule has 0 atom stereocenters. The van der Waals surface area contributed by atoms with E-state index in [1.807, 2.05) is 13.8 Å². The topological polar surface area (TPSA) is 85.1 Å². The van der Waals surface area contributed by atoms with Gasteiger partial charge in [-0.3, -0.25) is 4.72 Å². The highest BCUT2D eigenvalue weighted by atomic mass is 32.2. The Labute approximate surface area is 114 Å². The second-order valence-electron chi connectivity index (χ2n) is 3.68. The van der Waals surface area contributed by atoms with Crippen molar-refractivity contribution >= 4 is 43.5 Å². The summed E-state index contributed by atoms with van der Waals surface area (Å²) in [7, 11) is -3.57. The fourth-order valence-corrected chi connectivity index (χ4v) is 4.65. The van der Waals surface area contributed by atoms with Crippen LogP contribution in [0.2, 0.25) is 0 Å². The Bertz CT molecular complexity index is 658. The average Bonchev–Trinajstić information content (AvgIpc) is 2.84. The summed E-state index contributed by atoms with van der Waals surface area (Å²) in [5.74, 6) is 0. The number of aryl methyl sites for hydroxylation is 2. The van der Waals surface area contributed by atoms with E-state index < -0.39 is 10.0 Å². The molecule has 0 fully saturated rings. The van der Waals surface area contributed by atoms with Gasteiger partial charge in [-0.2, -0.15) is 0 Å². The summed E-state index contributed by atoms with van der Waals surface area (Å²) in [5, 5.41) is 2.00. The zero-order chi connectivity index (χ0) is 13.3. The van der Waals surface area contributed by atoms with Crippen LogP contribution < -0.4 is 10.5 Å². The first-order chi connectivity index (χ1) is 8.42. The molecular weight excluding hydrogens is 290 g/mol. The average molecular weight is 303 g/mol. The highest BCUT2D eigenvalue weighted by Crippen LogP contribution is 2.27. The van der Waals surface area contributed by atoms with Gasteiger partial charge in [-0.05, 0) is 19.4 Å². The van der Waals surface area contributed by atoms with Crippen LogP contribution in [0.3, 0.4) is 0 Å². The van der Waals surface area contributed by atoms with E-state index in [1.54, 1.807) is 5.38 Å². The van der Waals surface area contributed by atoms with Crippen molar-refractivity contribution in [3.8, 4) is 0 Å². The standard InChI is InChI=1S/C10H13N3O2S3/c1-3-8-6(2)17-10(12-8)13-18(14,15)9-4-7(11)5-16-9/h4-5H,3,11H2,1-2H3,(H,12,13). The van der Waals surface area contributed by atoms with Crippen LogP contribution >= 0.6 is 22.7 Å². The van der Waals surface area contributed by atoms with E-state index in [9.17, 15) is 8.42 Å². The molecule has 0 saturated heterocycles. The maximum atomic E-state index is 12.0. The molecule has 2 heterocycles. The Morgan fingerprint density at radius 3 is 2.72 bits per heavy atom. The number of nitrogen functional groups attached to an aromatic ring is 1. The minimum Gasteiger partial charge on any atom is -0.398 e. The molecule has 0 radical (unpaired) electrons. The van der Waals surface area contributed by atoms with E-state index in [4.69, 9.17) is 5.73 Å². The lowest BCUT2D eigenvalue weighted by Crippen LogP contribution is -2.11. The van der Waals surface area contributed by atoms with Gasteiger partial charge in [0.1, 0.15) is 4.21 Å². The first-order valence-electron chi connectivity index (χ1n) is 5.25. The van der Waals surface area contributed by atoms with Crippen LogP contribution in [0.1, 0.15) is 17.5 Å². The Hall–Kier alpha value is -1.12. The summed E-state index contributed by atoms with van der Waals surface area (Å²) in [6.45, 7) is 3.91. The summed E-state index contributed by atoms with van der Waals surface area (Å²) in [5.41, 5.74) is 6.89. The van der Waals surface area contributed by atoms with Crippen LogP contribution in [0.5, 0.6) is 0 Å². The van der Waals surface area contributed by atoms with Gasteiger partial charge in [0.2, 0.25) is 0 Å². The molecule has 0 aliphatic heterocycles. The maximum absolute atomic E-state index is 12.0. The maximum Gasteiger partial charge on any atom is 0.273 e. The highest BCUT2D eigenvalue weighted by molar-refractivity contribution is 7.94. The number of thiophene rings is 1. The number of aromatic nitrogens is 1. The van der Waals surface area contributed by atoms with Crippen molar-refractivity contribution in [1.29, 1.82) is 0 Å². The summed E-state index contributed by atoms with van der Waals surface area (Å²) in [6, 6.07) is 1.44. The monoisotopic (exact) mass is 303 g/mol. The number of sulfonamides is 1. The largest absolute Gasteiger partial charge is 0.398 e. The molecule has 0 aromatic carbocycles. The summed E-state index contributed by atoms with van der Waals surface area (Å²) in [6.07, 6.45) is 0.788. The minimum atomic E-state index is -3.57. The molecular formula is C10H13N3O2S3. The Kier molecular flexibility index (Phi) is 3.60. The van der Waals surface area contributed by atoms with E-state index in [0.29, 0.717) is 10.8 Å². The molecule has 0 amide bonds. The van der Waals surface area contributed by atoms with Gasteiger partial charge in [-0.25, -0.2) is 13.4 Å². The lowest BCUT2D eigenvalue weighted by molar-refractivity contribution is 0.603. The molecule has 2 rings (SSSR count). The van der Waals surface area contributed by atoms with Gasteiger partial charge in [0, 0.05) is 15.9 Å². The quantitative estimate of drug-likeness (QED) is 0.908. The van der Waals surface area contributed by atoms with Crippen molar-refractivity contribution in [3.05, 3.63) is 22.0 Å². The molecule has 8 heteroatoms. The van der Waals surface area contributed by atoms with Crippen LogP contribution in [0.4, 0.5) is 10.8 Å². The number of nitrogens with one attached hydrogen (secondary N) is 1. The van der Waals surface area contributed by atoms with Crippen molar-refractivity contribution in [1.82, 2.24) is 4.98 Å². The molecule has 0 saturated carbocycles. The van der Waals surface area contributed by atoms with Gasteiger partial charge in [0.05, 0.1) is 5.69 Å². The Balaban J connectivity index is 2.27. The predicted molar refractivity (Wildman–Crippen MR) is 75.8 cm³/mol. The second-order valence-corrected chi connectivity index (χ2v) is 7.70. The Morgan fingerprint density at radius 1 is 1.50 bits per heavy atom. The number of hydrogen-bond acceptors (Lipinski definition) is 6. The normalized spacial score (nSPS) is 11.7. The second kappa shape index (κ2) is 4.87. The molecule has 3 N–H and O–H groups in total. The number of thiazole rings is 1. The first-order valence-corrected chi connectivity index (χ1v) is 8.43. The summed E-state index contributed by atoms with van der Waals surface area (Å²) >= 11 is 2.43. The van der Waals surface area contributed by atoms with Crippen molar-refractivity contribution in [3.63, 3.8) is 0 Å². The zero-order valence-electron chi connectivity index (χ0n) is 9.93. The van der Waals surface area contributed by atoms with Gasteiger partial charge in [-0.1, -0.05) is 6.92 Å². The molecule has 18 heavy (non-hydrogen) atoms. The van der Waals surface area contributed by atoms with Gasteiger partial charge in [-0.15, -0.1) is 22.7 Å². The van der Waals surface area contributed by atoms with E-state index in [1.165, 1.54) is 17.4 Å². The molecule has 0 unspecified atom stereocenters. The van der Waals surface area contributed by atoms with E-state index in [0.717, 1.165) is 28.3 Å². The molecule has 2 aromatic rings. The third-order valence-corrected chi connectivity index (χ3v) is 6.16. The number of anilines is 2. The summed E-state index contributed by atoms with van der Waals surface area (Å²) in [4.78, 5) is 5.28. The van der Waals surface area contributed by atoms with Crippen LogP contribution in [-0.2, 0) is 16.4 Å². The van der Waals surface area contributed by atoms with Crippen LogP contribution in [0.25, 0.3) is 0 Å². The van der Waals surface area contributed by atoms with Gasteiger partial charge >= 0.3 is 0 Å². The fraction of sp³-hybridized carbons (Fsp3) is 0.300. The first kappa shape index (κ1) is 13.3. The fourth-order valence-electron chi connectivity index (χ4n) is 1.44. The molecule has 0 aliphatic carbocycles. The molecule has 0 aliphatic rings. The van der Waals surface area contributed by atoms with Gasteiger partial charge in [0.15, 0.2) is 5.13 Å². The summed E-state index contributed by atoms with van der Waals surface area (Å²) < 4.78 is 26.7. The number of nitrogens with two attached hydrogens (primary N) is 1. The van der Waals surface area contributed by atoms with E-state index in [2.05, 4.69) is 9.71 Å². The van der Waals surface area contributed by atoms with E-state index >= 15 is 0 Å². The van der Waals surface area contributed by atoms with Gasteiger partial charge in [0.25, 0.3) is 10.0 Å². The molecule has 0 spiro atoms. The lowest BCUT2D eigenvalue weighted by atomic mass is 10.3. The molecule has 5 nitrogen and oxygen atoms in total. The predicted octanol–water partition coefficient (Wildman–Crippen LogP) is 2.46. The SMILES string of the molecule is CCc1nc(NS(=O)(=O)c2cc(N)cs2)sc1C. The van der Waals surface area contributed by atoms with Crippen LogP contribution in [0, 0.1) is 6.92 Å². The van der Waals surface area contributed by atoms with Crippen molar-refractivity contribution in [2.24, 2.45) is 0 Å². The van der Waals surface area contributed by atoms with Crippen molar-refractivity contribution < 1.29 is 8.42 Å². The number of nitrogens with zero attached hydrogens (tertiary/aromatic N) is 1. The molecule has 2 aromatic heterocycles. The number of rotatable bonds is 4. The molecule has 0 bridgehead atoms. The van der Waals surface area contributed by atoms with Gasteiger partial charge < -0.3 is 5.73 Å². The third kappa shape index (κ3) is 2.65. The van der Waals surface area contributed by atoms with Crippen molar-refractivity contribution in [2.45, 2.75) is 24.5 Å². The zero-order valence-corrected chi connectivity index (χ0v) is 12.4. The number of hydrogen-bond donors (Lipinski definition) is 2. The van der Waals surface area contributed by atoms with Crippen molar-refractivity contribution in [2.75, 3.05) is 10.5 Å². The van der Waals surface area contributed by atoms with E-state index in [-0.39, 0.29) is 4.21 Å². The minimum absolute atomic E-state index is 0.200. The third-order valence-electron chi connectivity index (χ3n) is 2.31. The Morgan fingerprint density at radius 2 is 2.22 bits per heavy atom. The lowest BCUT2D eigenvalue weighted by Gasteiger charge is -2.01. The molecule has 98 valence electrons.